The van der Waals surface area contributed by atoms with Gasteiger partial charge in [-0.3, -0.25) is 4.79 Å². The van der Waals surface area contributed by atoms with Gasteiger partial charge < -0.3 is 24.2 Å². The topological polar surface area (TPSA) is 99.2 Å². The summed E-state index contributed by atoms with van der Waals surface area (Å²) in [6, 6.07) is 8.20. The number of anilines is 1. The molecule has 202 valence electrons. The first kappa shape index (κ1) is 26.5. The largest absolute Gasteiger partial charge is 0.492 e. The molecule has 0 N–H and O–H groups in total. The zero-order chi connectivity index (χ0) is 27.2. The number of ether oxygens (including phenoxy) is 2. The monoisotopic (exact) mass is 527 g/mol. The van der Waals surface area contributed by atoms with Crippen molar-refractivity contribution in [1.29, 1.82) is 5.26 Å². The number of nitriles is 1. The van der Waals surface area contributed by atoms with E-state index in [1.165, 1.54) is 0 Å². The first-order valence-electron chi connectivity index (χ1n) is 13.3. The minimum atomic E-state index is -0.272. The van der Waals surface area contributed by atoms with Gasteiger partial charge in [-0.2, -0.15) is 10.4 Å². The molecule has 0 saturated carbocycles. The molecule has 5 rings (SSSR count). The van der Waals surface area contributed by atoms with Crippen molar-refractivity contribution in [2.45, 2.75) is 12.8 Å². The van der Waals surface area contributed by atoms with E-state index < -0.39 is 0 Å². The number of methoxy groups -OCH3 is 1. The van der Waals surface area contributed by atoms with E-state index >= 15 is 0 Å². The van der Waals surface area contributed by atoms with E-state index in [2.05, 4.69) is 26.9 Å². The highest BCUT2D eigenvalue weighted by molar-refractivity contribution is 5.93. The number of fused-ring (bicyclic) bond motifs is 1. The number of hydrogen-bond acceptors (Lipinski definition) is 8. The zero-order valence-corrected chi connectivity index (χ0v) is 22.3. The number of carbonyl (C=O) groups excluding carboxylic acids is 1. The summed E-state index contributed by atoms with van der Waals surface area (Å²) < 4.78 is 13.2. The molecule has 10 nitrogen and oxygen atoms in total. The number of carbonyl (C=O) groups is 1. The van der Waals surface area contributed by atoms with Crippen LogP contribution >= 0.6 is 0 Å². The molecule has 0 aromatic carbocycles. The minimum absolute atomic E-state index is 0.272. The summed E-state index contributed by atoms with van der Waals surface area (Å²) in [6.45, 7) is 6.96. The summed E-state index contributed by atoms with van der Waals surface area (Å²) in [4.78, 5) is 22.7. The summed E-state index contributed by atoms with van der Waals surface area (Å²) >= 11 is 0. The van der Waals surface area contributed by atoms with Gasteiger partial charge in [0.1, 0.15) is 17.6 Å². The molecule has 0 radical (unpaired) electrons. The highest BCUT2D eigenvalue weighted by Crippen LogP contribution is 2.32. The summed E-state index contributed by atoms with van der Waals surface area (Å²) in [7, 11) is 1.74. The number of terminal acetylenes is 1. The molecule has 3 aromatic heterocycles. The number of amides is 1. The Balaban J connectivity index is 1.30. The summed E-state index contributed by atoms with van der Waals surface area (Å²) in [5, 5.41) is 14.1. The van der Waals surface area contributed by atoms with Crippen LogP contribution in [0.25, 0.3) is 16.6 Å². The van der Waals surface area contributed by atoms with E-state index in [9.17, 15) is 10.1 Å². The van der Waals surface area contributed by atoms with Gasteiger partial charge in [0.15, 0.2) is 0 Å². The number of aromatic nitrogens is 3. The predicted octanol–water partition coefficient (Wildman–Crippen LogP) is 2.29. The van der Waals surface area contributed by atoms with Crippen molar-refractivity contribution in [1.82, 2.24) is 24.4 Å². The molecule has 39 heavy (non-hydrogen) atoms. The second-order valence-electron chi connectivity index (χ2n) is 9.97. The van der Waals surface area contributed by atoms with Crippen LogP contribution in [0.5, 0.6) is 5.75 Å². The van der Waals surface area contributed by atoms with Crippen molar-refractivity contribution < 1.29 is 14.3 Å². The average molecular weight is 528 g/mol. The Labute approximate surface area is 228 Å². The lowest BCUT2D eigenvalue weighted by Gasteiger charge is -2.34. The van der Waals surface area contributed by atoms with E-state index in [4.69, 9.17) is 20.9 Å². The molecule has 5 heterocycles. The lowest BCUT2D eigenvalue weighted by atomic mass is 9.98. The fourth-order valence-corrected chi connectivity index (χ4v) is 5.25. The first-order valence-corrected chi connectivity index (χ1v) is 13.3. The van der Waals surface area contributed by atoms with Crippen molar-refractivity contribution in [3.05, 3.63) is 42.4 Å². The Morgan fingerprint density at radius 3 is 2.62 bits per heavy atom. The van der Waals surface area contributed by atoms with Crippen molar-refractivity contribution in [3.63, 3.8) is 0 Å². The number of piperazine rings is 1. The molecule has 3 aromatic rings. The van der Waals surface area contributed by atoms with Gasteiger partial charge in [0.25, 0.3) is 5.91 Å². The number of nitrogens with zero attached hydrogens (tertiary/aromatic N) is 7. The Bertz CT molecular complexity index is 1370. The molecular formula is C29H33N7O3. The Morgan fingerprint density at radius 2 is 1.95 bits per heavy atom. The maximum atomic E-state index is 11.8. The second kappa shape index (κ2) is 12.2. The molecule has 10 heteroatoms. The third-order valence-corrected chi connectivity index (χ3v) is 7.58. The highest BCUT2D eigenvalue weighted by atomic mass is 16.5. The maximum absolute atomic E-state index is 11.8. The Hall–Kier alpha value is -4.12. The van der Waals surface area contributed by atoms with Gasteiger partial charge in [-0.25, -0.2) is 9.50 Å². The van der Waals surface area contributed by atoms with Crippen LogP contribution in [-0.4, -0.2) is 96.4 Å². The van der Waals surface area contributed by atoms with Crippen molar-refractivity contribution in [2.24, 2.45) is 5.92 Å². The number of likely N-dealkylation sites (tertiary alicyclic amines) is 1. The number of rotatable bonds is 8. The number of hydrogen-bond donors (Lipinski definition) is 0. The van der Waals surface area contributed by atoms with E-state index in [1.807, 2.05) is 30.6 Å². The summed E-state index contributed by atoms with van der Waals surface area (Å²) in [5.41, 5.74) is 2.95. The lowest BCUT2D eigenvalue weighted by Crippen LogP contribution is -2.48. The van der Waals surface area contributed by atoms with Crippen LogP contribution in [-0.2, 0) is 9.53 Å². The minimum Gasteiger partial charge on any atom is -0.492 e. The van der Waals surface area contributed by atoms with Gasteiger partial charge >= 0.3 is 0 Å². The third kappa shape index (κ3) is 5.98. The van der Waals surface area contributed by atoms with Crippen LogP contribution in [0.15, 0.2) is 36.8 Å². The SMILES string of the molecule is C#CC(=O)N1CCN(c2ccc(-c3cc(OCC4CCN(CCOC)CC4)cn4ncc(C#N)c34)cn2)CC1. The quantitative estimate of drug-likeness (QED) is 0.412. The Kier molecular flexibility index (Phi) is 8.26. The fourth-order valence-electron chi connectivity index (χ4n) is 5.25. The van der Waals surface area contributed by atoms with Gasteiger partial charge in [-0.05, 0) is 56.0 Å². The van der Waals surface area contributed by atoms with E-state index in [1.54, 1.807) is 22.7 Å². The molecular weight excluding hydrogens is 494 g/mol. The van der Waals surface area contributed by atoms with Crippen LogP contribution in [0.4, 0.5) is 5.82 Å². The van der Waals surface area contributed by atoms with E-state index in [0.29, 0.717) is 50.0 Å². The summed E-state index contributed by atoms with van der Waals surface area (Å²) in [5.74, 6) is 3.95. The number of pyridine rings is 2. The molecule has 2 saturated heterocycles. The standard InChI is InChI=1S/C29H33N7O3/c1-3-28(37)35-12-10-34(11-13-35)27-5-4-23(18-31-27)26-16-25(20-36-29(26)24(17-30)19-32-36)39-21-22-6-8-33(9-7-22)14-15-38-2/h1,4-5,16,18-20,22H,6-15,21H2,2H3. The molecule has 2 aliphatic rings. The number of piperidine rings is 1. The fraction of sp³-hybridized carbons (Fsp3) is 0.448. The lowest BCUT2D eigenvalue weighted by molar-refractivity contribution is -0.125. The van der Waals surface area contributed by atoms with E-state index in [-0.39, 0.29) is 5.91 Å². The molecule has 0 unspecified atom stereocenters. The van der Waals surface area contributed by atoms with Gasteiger partial charge in [-0.15, -0.1) is 6.42 Å². The van der Waals surface area contributed by atoms with Crippen molar-refractivity contribution in [2.75, 3.05) is 71.0 Å². The zero-order valence-electron chi connectivity index (χ0n) is 22.3. The third-order valence-electron chi connectivity index (χ3n) is 7.58. The predicted molar refractivity (Wildman–Crippen MR) is 147 cm³/mol. The summed E-state index contributed by atoms with van der Waals surface area (Å²) in [6.07, 6.45) is 12.7. The van der Waals surface area contributed by atoms with Crippen LogP contribution in [0.2, 0.25) is 0 Å². The highest BCUT2D eigenvalue weighted by Gasteiger charge is 2.22. The van der Waals surface area contributed by atoms with Crippen LogP contribution in [0.3, 0.4) is 0 Å². The van der Waals surface area contributed by atoms with Gasteiger partial charge in [0.05, 0.1) is 36.7 Å². The normalized spacial score (nSPS) is 16.7. The second-order valence-corrected chi connectivity index (χ2v) is 9.97. The van der Waals surface area contributed by atoms with Crippen LogP contribution in [0, 0.1) is 29.6 Å². The molecule has 2 fully saturated rings. The molecule has 0 aliphatic carbocycles. The van der Waals surface area contributed by atoms with Gasteiger partial charge in [0.2, 0.25) is 0 Å². The molecule has 0 spiro atoms. The molecule has 2 aliphatic heterocycles. The van der Waals surface area contributed by atoms with Crippen molar-refractivity contribution in [3.8, 4) is 35.3 Å². The maximum Gasteiger partial charge on any atom is 0.298 e. The first-order chi connectivity index (χ1) is 19.1. The molecule has 0 bridgehead atoms. The van der Waals surface area contributed by atoms with Gasteiger partial charge in [-0.1, -0.05) is 0 Å². The Morgan fingerprint density at radius 1 is 1.15 bits per heavy atom. The van der Waals surface area contributed by atoms with Crippen LogP contribution in [0.1, 0.15) is 18.4 Å². The van der Waals surface area contributed by atoms with Gasteiger partial charge in [0, 0.05) is 57.2 Å². The molecule has 1 amide bonds. The van der Waals surface area contributed by atoms with Crippen molar-refractivity contribution >= 4 is 17.2 Å². The molecule has 0 atom stereocenters. The van der Waals surface area contributed by atoms with E-state index in [0.717, 1.165) is 61.5 Å². The smallest absolute Gasteiger partial charge is 0.298 e. The van der Waals surface area contributed by atoms with Crippen LogP contribution < -0.4 is 9.64 Å². The average Bonchev–Trinajstić information content (AvgIpc) is 3.42.